The maximum absolute atomic E-state index is 13.7. The van der Waals surface area contributed by atoms with Crippen molar-refractivity contribution in [2.45, 2.75) is 6.18 Å². The molecule has 106 valence electrons. The molecule has 1 aliphatic rings. The summed E-state index contributed by atoms with van der Waals surface area (Å²) in [5.74, 6) is -0.596. The van der Waals surface area contributed by atoms with Crippen LogP contribution in [0.1, 0.15) is 16.7 Å². The second kappa shape index (κ2) is 4.51. The van der Waals surface area contributed by atoms with Crippen LogP contribution in [-0.4, -0.2) is 10.7 Å². The monoisotopic (exact) mass is 292 g/mol. The predicted octanol–water partition coefficient (Wildman–Crippen LogP) is 4.39. The van der Waals surface area contributed by atoms with Crippen molar-refractivity contribution < 1.29 is 17.6 Å². The summed E-state index contributed by atoms with van der Waals surface area (Å²) < 4.78 is 51.8. The Morgan fingerprint density at radius 3 is 2.48 bits per heavy atom. The molecule has 0 amide bonds. The molecule has 2 aromatic rings. The van der Waals surface area contributed by atoms with Gasteiger partial charge in [0.1, 0.15) is 0 Å². The molecule has 0 aliphatic carbocycles. The zero-order valence-electron chi connectivity index (χ0n) is 10.6. The molecule has 0 atom stereocenters. The maximum Gasteiger partial charge on any atom is 0.416 e. The number of rotatable bonds is 1. The number of pyridine rings is 1. The summed E-state index contributed by atoms with van der Waals surface area (Å²) in [7, 11) is 0. The van der Waals surface area contributed by atoms with Crippen molar-refractivity contribution >= 4 is 17.0 Å². The Hall–Kier alpha value is -2.50. The van der Waals surface area contributed by atoms with Crippen LogP contribution in [0.4, 0.5) is 23.2 Å². The van der Waals surface area contributed by atoms with Gasteiger partial charge in [-0.2, -0.15) is 13.2 Å². The molecule has 0 saturated carbocycles. The van der Waals surface area contributed by atoms with Gasteiger partial charge in [0, 0.05) is 22.9 Å². The average Bonchev–Trinajstić information content (AvgIpc) is 2.75. The van der Waals surface area contributed by atoms with E-state index in [-0.39, 0.29) is 17.0 Å². The molecule has 1 aromatic heterocycles. The standard InChI is InChI=1S/C15H8F4N2/c1-8-10-3-2-9(15(17,18)19)6-13(10)21-14(8)11-4-5-20-7-12(11)16/h2-7H,1H2. The SMILES string of the molecule is C=C1C(c2ccncc2F)=Nc2cc(C(F)(F)F)ccc21. The Kier molecular flexibility index (Phi) is 2.90. The zero-order valence-corrected chi connectivity index (χ0v) is 10.6. The molecule has 2 nitrogen and oxygen atoms in total. The topological polar surface area (TPSA) is 25.2 Å². The van der Waals surface area contributed by atoms with Gasteiger partial charge in [0.05, 0.1) is 23.2 Å². The number of aliphatic imine (C=N–C) groups is 1. The second-order valence-corrected chi connectivity index (χ2v) is 4.52. The van der Waals surface area contributed by atoms with Gasteiger partial charge in [-0.3, -0.25) is 4.98 Å². The number of allylic oxidation sites excluding steroid dienone is 1. The van der Waals surface area contributed by atoms with Gasteiger partial charge in [-0.05, 0) is 18.2 Å². The highest BCUT2D eigenvalue weighted by Gasteiger charge is 2.32. The molecular weight excluding hydrogens is 284 g/mol. The van der Waals surface area contributed by atoms with E-state index in [1.807, 2.05) is 0 Å². The molecule has 21 heavy (non-hydrogen) atoms. The first kappa shape index (κ1) is 13.5. The highest BCUT2D eigenvalue weighted by Crippen LogP contribution is 2.40. The molecule has 3 rings (SSSR count). The first-order valence-corrected chi connectivity index (χ1v) is 5.97. The molecule has 0 radical (unpaired) electrons. The largest absolute Gasteiger partial charge is 0.416 e. The highest BCUT2D eigenvalue weighted by atomic mass is 19.4. The number of fused-ring (bicyclic) bond motifs is 1. The fourth-order valence-corrected chi connectivity index (χ4v) is 2.16. The van der Waals surface area contributed by atoms with Crippen molar-refractivity contribution in [2.24, 2.45) is 4.99 Å². The van der Waals surface area contributed by atoms with Gasteiger partial charge in [0.15, 0.2) is 5.82 Å². The first-order chi connectivity index (χ1) is 9.88. The van der Waals surface area contributed by atoms with Crippen molar-refractivity contribution in [1.29, 1.82) is 0 Å². The molecule has 1 aromatic carbocycles. The molecule has 1 aliphatic heterocycles. The van der Waals surface area contributed by atoms with Crippen molar-refractivity contribution in [2.75, 3.05) is 0 Å². The number of alkyl halides is 3. The summed E-state index contributed by atoms with van der Waals surface area (Å²) in [5.41, 5.74) is 0.595. The van der Waals surface area contributed by atoms with Gasteiger partial charge in [0.25, 0.3) is 0 Å². The Morgan fingerprint density at radius 1 is 1.05 bits per heavy atom. The minimum Gasteiger partial charge on any atom is -0.262 e. The van der Waals surface area contributed by atoms with E-state index in [2.05, 4.69) is 16.6 Å². The Labute approximate surface area is 117 Å². The summed E-state index contributed by atoms with van der Waals surface area (Å²) in [5, 5.41) is 0. The van der Waals surface area contributed by atoms with Crippen LogP contribution < -0.4 is 0 Å². The van der Waals surface area contributed by atoms with Gasteiger partial charge in [-0.1, -0.05) is 12.6 Å². The summed E-state index contributed by atoms with van der Waals surface area (Å²) in [6.07, 6.45) is -2.04. The van der Waals surface area contributed by atoms with E-state index in [9.17, 15) is 17.6 Å². The molecule has 0 spiro atoms. The van der Waals surface area contributed by atoms with E-state index in [0.717, 1.165) is 18.3 Å². The molecular formula is C15H8F4N2. The van der Waals surface area contributed by atoms with Gasteiger partial charge in [-0.25, -0.2) is 9.38 Å². The maximum atomic E-state index is 13.7. The van der Waals surface area contributed by atoms with Crippen molar-refractivity contribution in [3.8, 4) is 0 Å². The lowest BCUT2D eigenvalue weighted by Gasteiger charge is -2.07. The lowest BCUT2D eigenvalue weighted by atomic mass is 9.99. The van der Waals surface area contributed by atoms with E-state index in [0.29, 0.717) is 11.1 Å². The molecule has 6 heteroatoms. The van der Waals surface area contributed by atoms with E-state index in [4.69, 9.17) is 0 Å². The number of hydrogen-bond acceptors (Lipinski definition) is 2. The highest BCUT2D eigenvalue weighted by molar-refractivity contribution is 6.35. The summed E-state index contributed by atoms with van der Waals surface area (Å²) in [6.45, 7) is 3.79. The Bertz CT molecular complexity index is 775. The number of hydrogen-bond donors (Lipinski definition) is 0. The summed E-state index contributed by atoms with van der Waals surface area (Å²) in [4.78, 5) is 7.72. The molecule has 0 fully saturated rings. The number of benzene rings is 1. The van der Waals surface area contributed by atoms with E-state index in [1.54, 1.807) is 0 Å². The van der Waals surface area contributed by atoms with Gasteiger partial charge >= 0.3 is 6.18 Å². The number of halogens is 4. The van der Waals surface area contributed by atoms with Crippen molar-refractivity contribution in [1.82, 2.24) is 4.98 Å². The van der Waals surface area contributed by atoms with E-state index in [1.165, 1.54) is 18.3 Å². The lowest BCUT2D eigenvalue weighted by Crippen LogP contribution is -2.04. The fraction of sp³-hybridized carbons (Fsp3) is 0.0667. The Balaban J connectivity index is 2.11. The quantitative estimate of drug-likeness (QED) is 0.716. The third-order valence-electron chi connectivity index (χ3n) is 3.20. The van der Waals surface area contributed by atoms with Crippen LogP contribution in [0.15, 0.2) is 48.2 Å². The third kappa shape index (κ3) is 2.22. The van der Waals surface area contributed by atoms with Crippen molar-refractivity contribution in [3.05, 3.63) is 65.7 Å². The van der Waals surface area contributed by atoms with Crippen molar-refractivity contribution in [3.63, 3.8) is 0 Å². The van der Waals surface area contributed by atoms with E-state index >= 15 is 0 Å². The third-order valence-corrected chi connectivity index (χ3v) is 3.20. The lowest BCUT2D eigenvalue weighted by molar-refractivity contribution is -0.137. The predicted molar refractivity (Wildman–Crippen MR) is 70.9 cm³/mol. The minimum absolute atomic E-state index is 0.140. The molecule has 0 bridgehead atoms. The molecule has 2 heterocycles. The van der Waals surface area contributed by atoms with Crippen LogP contribution in [0.2, 0.25) is 0 Å². The second-order valence-electron chi connectivity index (χ2n) is 4.52. The van der Waals surface area contributed by atoms with E-state index < -0.39 is 17.6 Å². The molecule has 0 N–H and O–H groups in total. The van der Waals surface area contributed by atoms with Gasteiger partial charge < -0.3 is 0 Å². The minimum atomic E-state index is -4.45. The summed E-state index contributed by atoms with van der Waals surface area (Å²) in [6, 6.07) is 4.62. The zero-order chi connectivity index (χ0) is 15.2. The van der Waals surface area contributed by atoms with Gasteiger partial charge in [0.2, 0.25) is 0 Å². The Morgan fingerprint density at radius 2 is 1.81 bits per heavy atom. The normalized spacial score (nSPS) is 14.1. The first-order valence-electron chi connectivity index (χ1n) is 5.97. The van der Waals surface area contributed by atoms with Gasteiger partial charge in [-0.15, -0.1) is 0 Å². The smallest absolute Gasteiger partial charge is 0.262 e. The van der Waals surface area contributed by atoms with Crippen LogP contribution in [0.3, 0.4) is 0 Å². The average molecular weight is 292 g/mol. The van der Waals surface area contributed by atoms with Crippen LogP contribution in [-0.2, 0) is 6.18 Å². The fourth-order valence-electron chi connectivity index (χ4n) is 2.16. The number of nitrogens with zero attached hydrogens (tertiary/aromatic N) is 2. The van der Waals surface area contributed by atoms with Crippen LogP contribution >= 0.6 is 0 Å². The number of aromatic nitrogens is 1. The van der Waals surface area contributed by atoms with Crippen LogP contribution in [0.5, 0.6) is 0 Å². The molecule has 0 unspecified atom stereocenters. The van der Waals surface area contributed by atoms with Crippen LogP contribution in [0.25, 0.3) is 5.57 Å². The summed E-state index contributed by atoms with van der Waals surface area (Å²) >= 11 is 0. The molecule has 0 saturated heterocycles. The van der Waals surface area contributed by atoms with Crippen LogP contribution in [0, 0.1) is 5.82 Å².